The lowest BCUT2D eigenvalue weighted by Crippen LogP contribution is -2.37. The van der Waals surface area contributed by atoms with Crippen molar-refractivity contribution in [2.24, 2.45) is 5.92 Å². The van der Waals surface area contributed by atoms with Crippen molar-refractivity contribution in [2.45, 2.75) is 19.3 Å². The van der Waals surface area contributed by atoms with Crippen molar-refractivity contribution in [1.82, 2.24) is 19.6 Å². The zero-order chi connectivity index (χ0) is 25.2. The van der Waals surface area contributed by atoms with Gasteiger partial charge in [0.15, 0.2) is 11.5 Å². The van der Waals surface area contributed by atoms with Crippen molar-refractivity contribution in [3.8, 4) is 0 Å². The Kier molecular flexibility index (Phi) is 6.44. The van der Waals surface area contributed by atoms with E-state index in [1.165, 1.54) is 0 Å². The third kappa shape index (κ3) is 4.86. The van der Waals surface area contributed by atoms with Gasteiger partial charge in [-0.15, -0.1) is 0 Å². The predicted molar refractivity (Wildman–Crippen MR) is 144 cm³/mol. The van der Waals surface area contributed by atoms with E-state index in [4.69, 9.17) is 19.8 Å². The maximum absolute atomic E-state index is 11.2. The third-order valence-corrected chi connectivity index (χ3v) is 7.26. The van der Waals surface area contributed by atoms with E-state index in [-0.39, 0.29) is 12.3 Å². The average Bonchev–Trinajstić information content (AvgIpc) is 3.31. The number of aromatic nitrogens is 4. The van der Waals surface area contributed by atoms with Gasteiger partial charge in [-0.05, 0) is 49.1 Å². The molecule has 4 aromatic rings. The number of imidazole rings is 1. The highest BCUT2D eigenvalue weighted by Gasteiger charge is 2.27. The molecule has 0 radical (unpaired) electrons. The molecule has 190 valence electrons. The van der Waals surface area contributed by atoms with Crippen molar-refractivity contribution >= 4 is 46.2 Å². The van der Waals surface area contributed by atoms with Crippen molar-refractivity contribution in [3.63, 3.8) is 0 Å². The Labute approximate surface area is 215 Å². The number of hydrogen-bond acceptors (Lipinski definition) is 7. The normalized spacial score (nSPS) is 17.3. The smallest absolute Gasteiger partial charge is 0.303 e. The van der Waals surface area contributed by atoms with Gasteiger partial charge in [-0.25, -0.2) is 9.97 Å². The molecule has 0 bridgehead atoms. The van der Waals surface area contributed by atoms with E-state index in [2.05, 4.69) is 21.9 Å². The SMILES string of the molecule is O=C(O)CC1CCN(c2c(C=Cc3ccc4ccccc4n3)nc3c(N4CCOCC4)ccnn23)CC1. The molecule has 6 rings (SSSR count). The molecule has 2 aliphatic rings. The van der Waals surface area contributed by atoms with Gasteiger partial charge < -0.3 is 19.6 Å². The number of carboxylic acids is 1. The van der Waals surface area contributed by atoms with Crippen LogP contribution >= 0.6 is 0 Å². The minimum Gasteiger partial charge on any atom is -0.481 e. The quantitative estimate of drug-likeness (QED) is 0.427. The molecule has 2 aliphatic heterocycles. The summed E-state index contributed by atoms with van der Waals surface area (Å²) in [5, 5.41) is 15.0. The van der Waals surface area contributed by atoms with Crippen molar-refractivity contribution < 1.29 is 14.6 Å². The summed E-state index contributed by atoms with van der Waals surface area (Å²) in [5.41, 5.74) is 4.52. The number of carbonyl (C=O) groups is 1. The summed E-state index contributed by atoms with van der Waals surface area (Å²) in [4.78, 5) is 25.7. The predicted octanol–water partition coefficient (Wildman–Crippen LogP) is 3.98. The first-order valence-corrected chi connectivity index (χ1v) is 12.9. The van der Waals surface area contributed by atoms with Crippen LogP contribution in [0, 0.1) is 5.92 Å². The summed E-state index contributed by atoms with van der Waals surface area (Å²) in [5.74, 6) is 0.415. The van der Waals surface area contributed by atoms with Crippen LogP contribution in [0.5, 0.6) is 0 Å². The maximum atomic E-state index is 11.2. The molecule has 9 nitrogen and oxygen atoms in total. The van der Waals surface area contributed by atoms with E-state index >= 15 is 0 Å². The molecule has 1 N–H and O–H groups in total. The summed E-state index contributed by atoms with van der Waals surface area (Å²) in [6.07, 6.45) is 7.74. The van der Waals surface area contributed by atoms with Crippen LogP contribution in [-0.4, -0.2) is 70.1 Å². The zero-order valence-corrected chi connectivity index (χ0v) is 20.7. The fraction of sp³-hybridized carbons (Fsp3) is 0.357. The summed E-state index contributed by atoms with van der Waals surface area (Å²) < 4.78 is 7.50. The topological polar surface area (TPSA) is 96.1 Å². The zero-order valence-electron chi connectivity index (χ0n) is 20.7. The van der Waals surface area contributed by atoms with Gasteiger partial charge in [-0.1, -0.05) is 24.3 Å². The highest BCUT2D eigenvalue weighted by atomic mass is 16.5. The summed E-state index contributed by atoms with van der Waals surface area (Å²) in [7, 11) is 0. The van der Waals surface area contributed by atoms with Crippen LogP contribution < -0.4 is 9.80 Å². The molecule has 3 aromatic heterocycles. The number of rotatable bonds is 6. The van der Waals surface area contributed by atoms with Crippen LogP contribution in [0.15, 0.2) is 48.7 Å². The third-order valence-electron chi connectivity index (χ3n) is 7.26. The Morgan fingerprint density at radius 1 is 0.973 bits per heavy atom. The number of carboxylic acid groups (broad SMARTS) is 1. The second-order valence-electron chi connectivity index (χ2n) is 9.66. The van der Waals surface area contributed by atoms with Crippen molar-refractivity contribution in [3.05, 3.63) is 60.0 Å². The number of piperidine rings is 1. The van der Waals surface area contributed by atoms with Crippen molar-refractivity contribution in [1.29, 1.82) is 0 Å². The molecule has 0 spiro atoms. The fourth-order valence-corrected chi connectivity index (χ4v) is 5.33. The van der Waals surface area contributed by atoms with Gasteiger partial charge in [0.1, 0.15) is 5.69 Å². The Hall–Kier alpha value is -3.98. The number of hydrogen-bond donors (Lipinski definition) is 1. The van der Waals surface area contributed by atoms with E-state index in [1.54, 1.807) is 0 Å². The highest BCUT2D eigenvalue weighted by molar-refractivity contribution is 5.83. The van der Waals surface area contributed by atoms with Crippen LogP contribution in [0.2, 0.25) is 0 Å². The van der Waals surface area contributed by atoms with E-state index in [9.17, 15) is 9.90 Å². The van der Waals surface area contributed by atoms with Crippen LogP contribution in [0.4, 0.5) is 11.5 Å². The van der Waals surface area contributed by atoms with Gasteiger partial charge in [-0.2, -0.15) is 9.61 Å². The molecule has 5 heterocycles. The van der Waals surface area contributed by atoms with Crippen molar-refractivity contribution in [2.75, 3.05) is 49.2 Å². The van der Waals surface area contributed by atoms with Crippen LogP contribution in [-0.2, 0) is 9.53 Å². The Balaban J connectivity index is 1.38. The molecule has 1 aromatic carbocycles. The first-order valence-electron chi connectivity index (χ1n) is 12.9. The lowest BCUT2D eigenvalue weighted by Gasteiger charge is -2.32. The van der Waals surface area contributed by atoms with Gasteiger partial charge in [0.05, 0.1) is 36.3 Å². The molecule has 0 atom stereocenters. The van der Waals surface area contributed by atoms with Crippen LogP contribution in [0.3, 0.4) is 0 Å². The molecule has 0 saturated carbocycles. The number of aliphatic carboxylic acids is 1. The molecule has 0 unspecified atom stereocenters. The number of anilines is 2. The summed E-state index contributed by atoms with van der Waals surface area (Å²) in [6.45, 7) is 4.55. The van der Waals surface area contributed by atoms with Gasteiger partial charge >= 0.3 is 5.97 Å². The summed E-state index contributed by atoms with van der Waals surface area (Å²) >= 11 is 0. The van der Waals surface area contributed by atoms with Gasteiger partial charge in [0.2, 0.25) is 0 Å². The van der Waals surface area contributed by atoms with E-state index in [0.717, 1.165) is 78.5 Å². The maximum Gasteiger partial charge on any atom is 0.303 e. The summed E-state index contributed by atoms with van der Waals surface area (Å²) in [6, 6.07) is 14.2. The molecule has 9 heteroatoms. The Morgan fingerprint density at radius 3 is 2.59 bits per heavy atom. The fourth-order valence-electron chi connectivity index (χ4n) is 5.33. The van der Waals surface area contributed by atoms with Gasteiger partial charge in [0.25, 0.3) is 0 Å². The average molecular weight is 499 g/mol. The first-order chi connectivity index (χ1) is 18.2. The lowest BCUT2D eigenvalue weighted by molar-refractivity contribution is -0.138. The number of benzene rings is 1. The molecular weight excluding hydrogens is 468 g/mol. The van der Waals surface area contributed by atoms with Gasteiger partial charge in [-0.3, -0.25) is 4.79 Å². The van der Waals surface area contributed by atoms with Gasteiger partial charge in [0, 0.05) is 38.0 Å². The molecule has 0 aliphatic carbocycles. The van der Waals surface area contributed by atoms with E-state index in [0.29, 0.717) is 13.2 Å². The van der Waals surface area contributed by atoms with E-state index in [1.807, 2.05) is 53.2 Å². The molecule has 2 fully saturated rings. The number of nitrogens with zero attached hydrogens (tertiary/aromatic N) is 6. The Bertz CT molecular complexity index is 1450. The molecule has 2 saturated heterocycles. The monoisotopic (exact) mass is 498 g/mol. The standard InChI is InChI=1S/C28H30N6O3/c35-26(36)19-20-10-13-33(14-11-20)28-24(8-7-22-6-5-21-3-1-2-4-23(21)30-22)31-27-25(9-12-29-34(27)28)32-15-17-37-18-16-32/h1-9,12,20H,10-11,13-19H2,(H,35,36). The van der Waals surface area contributed by atoms with Crippen LogP contribution in [0.1, 0.15) is 30.7 Å². The minimum absolute atomic E-state index is 0.200. The minimum atomic E-state index is -0.725. The molecular formula is C28H30N6O3. The largest absolute Gasteiger partial charge is 0.481 e. The number of para-hydroxylation sites is 1. The number of morpholine rings is 1. The Morgan fingerprint density at radius 2 is 1.78 bits per heavy atom. The number of fused-ring (bicyclic) bond motifs is 2. The number of ether oxygens (including phenoxy) is 1. The van der Waals surface area contributed by atoms with E-state index < -0.39 is 5.97 Å². The lowest BCUT2D eigenvalue weighted by atomic mass is 9.93. The molecule has 0 amide bonds. The highest BCUT2D eigenvalue weighted by Crippen LogP contribution is 2.32. The molecule has 37 heavy (non-hydrogen) atoms. The van der Waals surface area contributed by atoms with Crippen LogP contribution in [0.25, 0.3) is 28.7 Å². The number of pyridine rings is 1. The first kappa shape index (κ1) is 23.4. The second-order valence-corrected chi connectivity index (χ2v) is 9.66. The second kappa shape index (κ2) is 10.2.